The molecule has 1 fully saturated rings. The number of Topliss-reactive ketones (excluding diaryl/α,β-unsaturated/α-hetero) is 2. The number of hydrogen-bond donors (Lipinski definition) is 0. The van der Waals surface area contributed by atoms with Gasteiger partial charge < -0.3 is 9.32 Å². The summed E-state index contributed by atoms with van der Waals surface area (Å²) >= 11 is 0. The Labute approximate surface area is 264 Å². The van der Waals surface area contributed by atoms with Gasteiger partial charge in [0.2, 0.25) is 11.5 Å². The lowest BCUT2D eigenvalue weighted by Gasteiger charge is -2.31. The number of anilines is 1. The lowest BCUT2D eigenvalue weighted by molar-refractivity contribution is -0.141. The van der Waals surface area contributed by atoms with Gasteiger partial charge in [-0.25, -0.2) is 0 Å². The van der Waals surface area contributed by atoms with Crippen molar-refractivity contribution in [2.75, 3.05) is 18.0 Å². The molecule has 0 radical (unpaired) electrons. The van der Waals surface area contributed by atoms with E-state index >= 15 is 0 Å². The highest BCUT2D eigenvalue weighted by Crippen LogP contribution is 2.37. The molecule has 6 rings (SSSR count). The molecule has 1 saturated heterocycles. The van der Waals surface area contributed by atoms with Crippen molar-refractivity contribution in [1.29, 1.82) is 0 Å². The number of carbonyl (C=O) groups excluding carboxylic acids is 2. The molecule has 0 unspecified atom stereocenters. The van der Waals surface area contributed by atoms with E-state index in [1.165, 1.54) is 11.8 Å². The second-order valence-corrected chi connectivity index (χ2v) is 11.6. The number of hydrogen-bond acceptors (Lipinski definition) is 6. The van der Waals surface area contributed by atoms with Gasteiger partial charge in [-0.15, -0.1) is 0 Å². The highest BCUT2D eigenvalue weighted by molar-refractivity contribution is 5.98. The Bertz CT molecular complexity index is 1820. The number of carbonyl (C=O) groups is 2. The van der Waals surface area contributed by atoms with Crippen molar-refractivity contribution in [2.24, 2.45) is 0 Å². The molecule has 0 aliphatic carbocycles. The molecule has 1 aliphatic heterocycles. The number of ketones is 2. The van der Waals surface area contributed by atoms with Crippen LogP contribution in [0.1, 0.15) is 67.6 Å². The summed E-state index contributed by atoms with van der Waals surface area (Å²) in [7, 11) is 0. The summed E-state index contributed by atoms with van der Waals surface area (Å²) in [5.74, 6) is -1.30. The molecule has 0 N–H and O–H groups in total. The second-order valence-electron chi connectivity index (χ2n) is 11.6. The van der Waals surface area contributed by atoms with Gasteiger partial charge in [0.15, 0.2) is 11.5 Å². The first-order valence-corrected chi connectivity index (χ1v) is 15.2. The standard InChI is InChI=1S/C37H32F3N3O3/c1-24-7-5-6-10-30(24)22-32(44)29-14-12-28(13-15-29)31-16-11-25(23-41-31)21-33(45)34-35(37(38,39)40)42-36(46-34)43-19-17-27(18-20-43)26-8-3-2-4-9-26/h2-16,23,27H,17-22H2,1H3. The van der Waals surface area contributed by atoms with Crippen LogP contribution in [0.25, 0.3) is 11.3 Å². The second kappa shape index (κ2) is 13.1. The predicted molar refractivity (Wildman–Crippen MR) is 169 cm³/mol. The molecule has 2 aromatic heterocycles. The minimum absolute atomic E-state index is 0.00753. The number of piperidine rings is 1. The van der Waals surface area contributed by atoms with E-state index in [1.807, 2.05) is 49.4 Å². The van der Waals surface area contributed by atoms with E-state index in [2.05, 4.69) is 22.1 Å². The van der Waals surface area contributed by atoms with E-state index in [0.29, 0.717) is 42.2 Å². The number of pyridine rings is 1. The van der Waals surface area contributed by atoms with Gasteiger partial charge in [0, 0.05) is 43.3 Å². The van der Waals surface area contributed by atoms with Crippen LogP contribution in [0.3, 0.4) is 0 Å². The number of oxazole rings is 1. The SMILES string of the molecule is Cc1ccccc1CC(=O)c1ccc(-c2ccc(CC(=O)c3oc(N4CCC(c5ccccc5)CC4)nc3C(F)(F)F)cn2)cc1. The van der Waals surface area contributed by atoms with E-state index in [4.69, 9.17) is 4.42 Å². The van der Waals surface area contributed by atoms with Gasteiger partial charge >= 0.3 is 6.18 Å². The summed E-state index contributed by atoms with van der Waals surface area (Å²) in [5, 5.41) is 0. The molecule has 0 amide bonds. The van der Waals surface area contributed by atoms with Crippen molar-refractivity contribution >= 4 is 17.6 Å². The average molecular weight is 624 g/mol. The van der Waals surface area contributed by atoms with Crippen LogP contribution in [-0.4, -0.2) is 34.6 Å². The Morgan fingerprint density at radius 2 is 1.54 bits per heavy atom. The molecule has 1 aliphatic rings. The quantitative estimate of drug-likeness (QED) is 0.154. The van der Waals surface area contributed by atoms with Crippen molar-refractivity contribution in [3.63, 3.8) is 0 Å². The zero-order valence-corrected chi connectivity index (χ0v) is 25.3. The van der Waals surface area contributed by atoms with Crippen LogP contribution in [0.15, 0.2) is 102 Å². The molecule has 9 heteroatoms. The Morgan fingerprint density at radius 3 is 2.20 bits per heavy atom. The summed E-state index contributed by atoms with van der Waals surface area (Å²) in [5.41, 5.74) is 4.33. The van der Waals surface area contributed by atoms with Gasteiger partial charge in [-0.05, 0) is 54.0 Å². The largest absolute Gasteiger partial charge is 0.437 e. The van der Waals surface area contributed by atoms with Crippen molar-refractivity contribution in [1.82, 2.24) is 9.97 Å². The third kappa shape index (κ3) is 6.93. The van der Waals surface area contributed by atoms with Crippen LogP contribution in [0.2, 0.25) is 0 Å². The van der Waals surface area contributed by atoms with Gasteiger partial charge in [0.05, 0.1) is 5.69 Å². The number of aryl methyl sites for hydroxylation is 1. The maximum Gasteiger partial charge on any atom is 0.437 e. The van der Waals surface area contributed by atoms with Gasteiger partial charge in [0.25, 0.3) is 6.01 Å². The third-order valence-electron chi connectivity index (χ3n) is 8.48. The first kappa shape index (κ1) is 31.0. The summed E-state index contributed by atoms with van der Waals surface area (Å²) < 4.78 is 47.3. The molecule has 46 heavy (non-hydrogen) atoms. The molecule has 0 bridgehead atoms. The third-order valence-corrected chi connectivity index (χ3v) is 8.48. The summed E-state index contributed by atoms with van der Waals surface area (Å²) in [4.78, 5) is 35.7. The Kier molecular flexibility index (Phi) is 8.83. The molecule has 5 aromatic rings. The highest BCUT2D eigenvalue weighted by Gasteiger charge is 2.42. The van der Waals surface area contributed by atoms with Crippen LogP contribution in [0, 0.1) is 6.92 Å². The van der Waals surface area contributed by atoms with Crippen molar-refractivity contribution in [3.8, 4) is 11.3 Å². The van der Waals surface area contributed by atoms with Crippen molar-refractivity contribution in [3.05, 3.63) is 136 Å². The normalized spacial score (nSPS) is 14.0. The van der Waals surface area contributed by atoms with Gasteiger partial charge in [-0.3, -0.25) is 14.6 Å². The average Bonchev–Trinajstić information content (AvgIpc) is 3.54. The fourth-order valence-electron chi connectivity index (χ4n) is 5.83. The lowest BCUT2D eigenvalue weighted by Crippen LogP contribution is -2.33. The smallest absolute Gasteiger partial charge is 0.420 e. The van der Waals surface area contributed by atoms with E-state index < -0.39 is 23.4 Å². The molecule has 234 valence electrons. The van der Waals surface area contributed by atoms with E-state index in [9.17, 15) is 22.8 Å². The van der Waals surface area contributed by atoms with Crippen LogP contribution < -0.4 is 4.90 Å². The molecule has 3 aromatic carbocycles. The van der Waals surface area contributed by atoms with Crippen LogP contribution in [-0.2, 0) is 19.0 Å². The zero-order valence-electron chi connectivity index (χ0n) is 25.3. The monoisotopic (exact) mass is 623 g/mol. The number of benzene rings is 3. The minimum Gasteiger partial charge on any atom is -0.420 e. The van der Waals surface area contributed by atoms with E-state index in [1.54, 1.807) is 41.3 Å². The van der Waals surface area contributed by atoms with Crippen LogP contribution in [0.5, 0.6) is 0 Å². The molecule has 0 saturated carbocycles. The Hall–Kier alpha value is -5.05. The lowest BCUT2D eigenvalue weighted by atomic mass is 9.90. The first-order chi connectivity index (χ1) is 22.2. The van der Waals surface area contributed by atoms with Crippen molar-refractivity contribution in [2.45, 2.75) is 44.7 Å². The van der Waals surface area contributed by atoms with Gasteiger partial charge in [0.1, 0.15) is 0 Å². The molecular weight excluding hydrogens is 591 g/mol. The van der Waals surface area contributed by atoms with Crippen LogP contribution in [0.4, 0.5) is 19.2 Å². The van der Waals surface area contributed by atoms with Gasteiger partial charge in [-0.2, -0.15) is 18.2 Å². The number of nitrogens with zero attached hydrogens (tertiary/aromatic N) is 3. The molecule has 0 spiro atoms. The fourth-order valence-corrected chi connectivity index (χ4v) is 5.83. The number of alkyl halides is 3. The molecule has 6 nitrogen and oxygen atoms in total. The first-order valence-electron chi connectivity index (χ1n) is 15.2. The molecule has 0 atom stereocenters. The maximum atomic E-state index is 13.9. The highest BCUT2D eigenvalue weighted by atomic mass is 19.4. The number of aromatic nitrogens is 2. The predicted octanol–water partition coefficient (Wildman–Crippen LogP) is 8.30. The minimum atomic E-state index is -4.84. The van der Waals surface area contributed by atoms with E-state index in [-0.39, 0.29) is 18.2 Å². The summed E-state index contributed by atoms with van der Waals surface area (Å²) in [6.07, 6.45) is -1.92. The molecule has 3 heterocycles. The maximum absolute atomic E-state index is 13.9. The van der Waals surface area contributed by atoms with Crippen molar-refractivity contribution < 1.29 is 27.2 Å². The van der Waals surface area contributed by atoms with Gasteiger partial charge in [-0.1, -0.05) is 84.9 Å². The topological polar surface area (TPSA) is 76.3 Å². The zero-order chi connectivity index (χ0) is 32.3. The van der Waals surface area contributed by atoms with Crippen LogP contribution >= 0.6 is 0 Å². The Morgan fingerprint density at radius 1 is 0.848 bits per heavy atom. The van der Waals surface area contributed by atoms with E-state index in [0.717, 1.165) is 29.5 Å². The Balaban J connectivity index is 1.11. The number of halogens is 3. The summed E-state index contributed by atoms with van der Waals surface area (Å²) in [6, 6.07) is 28.0. The summed E-state index contributed by atoms with van der Waals surface area (Å²) in [6.45, 7) is 2.92. The molecular formula is C37H32F3N3O3. The number of rotatable bonds is 9. The fraction of sp³-hybridized carbons (Fsp3) is 0.243.